The topological polar surface area (TPSA) is 86.3 Å². The first kappa shape index (κ1) is 17.5. The highest BCUT2D eigenvalue weighted by Gasteiger charge is 2.30. The molecule has 2 fully saturated rings. The number of ether oxygens (including phenoxy) is 1. The largest absolute Gasteiger partial charge is 0.379 e. The Morgan fingerprint density at radius 3 is 2.64 bits per heavy atom. The van der Waals surface area contributed by atoms with Crippen LogP contribution in [0.2, 0.25) is 0 Å². The van der Waals surface area contributed by atoms with Crippen LogP contribution in [0.4, 0.5) is 0 Å². The smallest absolute Gasteiger partial charge is 0.208 e. The molecule has 0 aromatic heterocycles. The summed E-state index contributed by atoms with van der Waals surface area (Å²) in [4.78, 5) is 9.02. The van der Waals surface area contributed by atoms with E-state index in [-0.39, 0.29) is 0 Å². The summed E-state index contributed by atoms with van der Waals surface area (Å²) in [6.45, 7) is 6.46. The van der Waals surface area contributed by atoms with Crippen molar-refractivity contribution in [1.29, 1.82) is 0 Å². The molecule has 128 valence electrons. The summed E-state index contributed by atoms with van der Waals surface area (Å²) >= 11 is 0. The molecule has 2 aliphatic rings. The Balaban J connectivity index is 1.75. The lowest BCUT2D eigenvalue weighted by Crippen LogP contribution is -2.47. The van der Waals surface area contributed by atoms with Gasteiger partial charge in [-0.1, -0.05) is 0 Å². The number of nitrogens with zero attached hydrogens (tertiary/aromatic N) is 3. The summed E-state index contributed by atoms with van der Waals surface area (Å²) in [6.07, 6.45) is 2.29. The molecule has 2 aliphatic heterocycles. The molecular weight excluding hydrogens is 306 g/mol. The van der Waals surface area contributed by atoms with Gasteiger partial charge in [0.1, 0.15) is 0 Å². The number of likely N-dealkylation sites (tertiary alicyclic amines) is 1. The maximum atomic E-state index is 11.0. The van der Waals surface area contributed by atoms with Crippen molar-refractivity contribution < 1.29 is 13.2 Å². The number of rotatable bonds is 5. The average molecular weight is 333 g/mol. The van der Waals surface area contributed by atoms with Crippen molar-refractivity contribution in [3.8, 4) is 0 Å². The van der Waals surface area contributed by atoms with Crippen LogP contribution < -0.4 is 10.0 Å². The van der Waals surface area contributed by atoms with E-state index in [1.54, 1.807) is 7.05 Å². The third-order valence-electron chi connectivity index (χ3n) is 4.01. The number of hydrogen-bond acceptors (Lipinski definition) is 5. The van der Waals surface area contributed by atoms with Crippen molar-refractivity contribution >= 4 is 16.0 Å². The van der Waals surface area contributed by atoms with Crippen LogP contribution in [0.3, 0.4) is 0 Å². The molecule has 0 aromatic rings. The van der Waals surface area contributed by atoms with Gasteiger partial charge in [-0.2, -0.15) is 0 Å². The number of aliphatic imine (C=N–C) groups is 1. The summed E-state index contributed by atoms with van der Waals surface area (Å²) in [6, 6.07) is 0.552. The van der Waals surface area contributed by atoms with E-state index in [4.69, 9.17) is 4.74 Å². The minimum absolute atomic E-state index is 0.360. The second-order valence-electron chi connectivity index (χ2n) is 5.68. The second-order valence-corrected chi connectivity index (χ2v) is 7.51. The van der Waals surface area contributed by atoms with Crippen LogP contribution in [0.25, 0.3) is 0 Å². The Morgan fingerprint density at radius 1 is 1.27 bits per heavy atom. The van der Waals surface area contributed by atoms with E-state index in [0.717, 1.165) is 58.0 Å². The van der Waals surface area contributed by atoms with Crippen molar-refractivity contribution in [3.05, 3.63) is 0 Å². The predicted octanol–water partition coefficient (Wildman–Crippen LogP) is -1.48. The third kappa shape index (κ3) is 5.38. The lowest BCUT2D eigenvalue weighted by molar-refractivity contribution is 0.0195. The van der Waals surface area contributed by atoms with Gasteiger partial charge in [-0.15, -0.1) is 0 Å². The monoisotopic (exact) mass is 333 g/mol. The Hall–Kier alpha value is -0.900. The van der Waals surface area contributed by atoms with Crippen molar-refractivity contribution in [2.45, 2.75) is 12.5 Å². The average Bonchev–Trinajstić information content (AvgIpc) is 2.97. The maximum absolute atomic E-state index is 11.0. The van der Waals surface area contributed by atoms with Crippen LogP contribution in [0.15, 0.2) is 4.99 Å². The van der Waals surface area contributed by atoms with Crippen LogP contribution in [0.5, 0.6) is 0 Å². The van der Waals surface area contributed by atoms with Gasteiger partial charge in [0.15, 0.2) is 5.96 Å². The van der Waals surface area contributed by atoms with Crippen LogP contribution >= 0.6 is 0 Å². The molecule has 2 rings (SSSR count). The predicted molar refractivity (Wildman–Crippen MR) is 86.6 cm³/mol. The quantitative estimate of drug-likeness (QED) is 0.362. The Bertz CT molecular complexity index is 476. The summed E-state index contributed by atoms with van der Waals surface area (Å²) in [5.41, 5.74) is 0. The molecule has 22 heavy (non-hydrogen) atoms. The van der Waals surface area contributed by atoms with Crippen molar-refractivity contribution in [3.63, 3.8) is 0 Å². The van der Waals surface area contributed by atoms with Gasteiger partial charge in [0.05, 0.1) is 19.5 Å². The molecule has 1 unspecified atom stereocenters. The molecule has 0 radical (unpaired) electrons. The van der Waals surface area contributed by atoms with Crippen molar-refractivity contribution in [2.75, 3.05) is 65.8 Å². The molecule has 0 aliphatic carbocycles. The molecule has 1 atom stereocenters. The lowest BCUT2D eigenvalue weighted by Gasteiger charge is -2.32. The van der Waals surface area contributed by atoms with E-state index in [1.165, 1.54) is 0 Å². The number of nitrogens with one attached hydrogen (secondary N) is 2. The Morgan fingerprint density at radius 2 is 2.00 bits per heavy atom. The molecule has 2 heterocycles. The van der Waals surface area contributed by atoms with E-state index < -0.39 is 10.0 Å². The highest BCUT2D eigenvalue weighted by atomic mass is 32.2. The van der Waals surface area contributed by atoms with Crippen LogP contribution in [0, 0.1) is 0 Å². The molecule has 2 saturated heterocycles. The Labute approximate surface area is 132 Å². The fraction of sp³-hybridized carbons (Fsp3) is 0.923. The van der Waals surface area contributed by atoms with E-state index in [0.29, 0.717) is 19.1 Å². The maximum Gasteiger partial charge on any atom is 0.208 e. The first-order valence-corrected chi connectivity index (χ1v) is 9.61. The molecule has 0 spiro atoms. The Kier molecular flexibility index (Phi) is 6.42. The SMILES string of the molecule is CN=C(NCCNS(C)(=O)=O)N1CCC(N2CCOCC2)C1. The van der Waals surface area contributed by atoms with Gasteiger partial charge in [-0.05, 0) is 6.42 Å². The van der Waals surface area contributed by atoms with Crippen molar-refractivity contribution in [2.24, 2.45) is 4.99 Å². The van der Waals surface area contributed by atoms with Gasteiger partial charge in [0, 0.05) is 52.4 Å². The van der Waals surface area contributed by atoms with Gasteiger partial charge in [-0.3, -0.25) is 9.89 Å². The number of sulfonamides is 1. The lowest BCUT2D eigenvalue weighted by atomic mass is 10.2. The van der Waals surface area contributed by atoms with Crippen LogP contribution in [-0.2, 0) is 14.8 Å². The zero-order valence-electron chi connectivity index (χ0n) is 13.4. The minimum atomic E-state index is -3.13. The molecule has 0 amide bonds. The fourth-order valence-corrected chi connectivity index (χ4v) is 3.39. The van der Waals surface area contributed by atoms with Gasteiger partial charge in [0.2, 0.25) is 10.0 Å². The second kappa shape index (κ2) is 8.09. The zero-order valence-corrected chi connectivity index (χ0v) is 14.2. The third-order valence-corrected chi connectivity index (χ3v) is 4.74. The van der Waals surface area contributed by atoms with E-state index in [9.17, 15) is 8.42 Å². The molecule has 9 heteroatoms. The normalized spacial score (nSPS) is 24.7. The summed E-state index contributed by atoms with van der Waals surface area (Å²) in [5.74, 6) is 0.839. The number of guanidine groups is 1. The molecule has 8 nitrogen and oxygen atoms in total. The van der Waals surface area contributed by atoms with Crippen LogP contribution in [0.1, 0.15) is 6.42 Å². The number of hydrogen-bond donors (Lipinski definition) is 2. The standard InChI is InChI=1S/C13H27N5O3S/c1-14-13(15-4-5-16-22(2,19)20)18-6-3-12(11-18)17-7-9-21-10-8-17/h12,16H,3-11H2,1-2H3,(H,14,15). The zero-order chi connectivity index (χ0) is 16.0. The van der Waals surface area contributed by atoms with E-state index in [1.807, 2.05) is 0 Å². The molecule has 2 N–H and O–H groups in total. The van der Waals surface area contributed by atoms with Gasteiger partial charge in [0.25, 0.3) is 0 Å². The van der Waals surface area contributed by atoms with Gasteiger partial charge in [-0.25, -0.2) is 13.1 Å². The minimum Gasteiger partial charge on any atom is -0.379 e. The van der Waals surface area contributed by atoms with Crippen LogP contribution in [-0.4, -0.2) is 96.0 Å². The first-order chi connectivity index (χ1) is 10.5. The highest BCUT2D eigenvalue weighted by molar-refractivity contribution is 7.88. The summed E-state index contributed by atoms with van der Waals surface area (Å²) < 4.78 is 29.9. The highest BCUT2D eigenvalue weighted by Crippen LogP contribution is 2.16. The first-order valence-electron chi connectivity index (χ1n) is 7.71. The fourth-order valence-electron chi connectivity index (χ4n) is 2.92. The molecule has 0 saturated carbocycles. The molecular formula is C13H27N5O3S. The van der Waals surface area contributed by atoms with E-state index >= 15 is 0 Å². The summed E-state index contributed by atoms with van der Waals surface area (Å²) in [7, 11) is -1.37. The van der Waals surface area contributed by atoms with Gasteiger partial charge < -0.3 is 15.0 Å². The van der Waals surface area contributed by atoms with Crippen molar-refractivity contribution in [1.82, 2.24) is 19.8 Å². The molecule has 0 bridgehead atoms. The van der Waals surface area contributed by atoms with Gasteiger partial charge >= 0.3 is 0 Å². The van der Waals surface area contributed by atoms with E-state index in [2.05, 4.69) is 24.8 Å². The summed E-state index contributed by atoms with van der Waals surface area (Å²) in [5, 5.41) is 3.21. The number of morpholine rings is 1. The molecule has 0 aromatic carbocycles.